The van der Waals surface area contributed by atoms with Crippen molar-refractivity contribution in [3.63, 3.8) is 0 Å². The predicted octanol–water partition coefficient (Wildman–Crippen LogP) is 3.45. The van der Waals surface area contributed by atoms with Crippen molar-refractivity contribution in [2.45, 2.75) is 58.2 Å². The number of unbranched alkanes of at least 4 members (excludes halogenated alkanes) is 2. The lowest BCUT2D eigenvalue weighted by molar-refractivity contribution is -0.126. The minimum atomic E-state index is -0.151. The number of carbonyl (C=O) groups is 1. The van der Waals surface area contributed by atoms with Gasteiger partial charge in [-0.05, 0) is 37.0 Å². The van der Waals surface area contributed by atoms with E-state index in [1.807, 2.05) is 21.7 Å². The maximum Gasteiger partial charge on any atom is 0.247 e. The fourth-order valence-corrected chi connectivity index (χ4v) is 3.48. The van der Waals surface area contributed by atoms with Gasteiger partial charge >= 0.3 is 0 Å². The molecule has 1 unspecified atom stereocenters. The van der Waals surface area contributed by atoms with E-state index in [4.69, 9.17) is 4.42 Å². The van der Waals surface area contributed by atoms with Gasteiger partial charge in [-0.2, -0.15) is 0 Å². The summed E-state index contributed by atoms with van der Waals surface area (Å²) in [6, 6.07) is 3.51. The van der Waals surface area contributed by atoms with Crippen LogP contribution in [0.5, 0.6) is 0 Å². The Kier molecular flexibility index (Phi) is 6.28. The first-order valence-corrected chi connectivity index (χ1v) is 9.39. The molecule has 0 saturated carbocycles. The van der Waals surface area contributed by atoms with Crippen LogP contribution >= 0.6 is 0 Å². The minimum Gasteiger partial charge on any atom is -0.461 e. The lowest BCUT2D eigenvalue weighted by Crippen LogP contribution is -2.31. The number of imidazole rings is 1. The van der Waals surface area contributed by atoms with Gasteiger partial charge in [-0.15, -0.1) is 0 Å². The van der Waals surface area contributed by atoms with E-state index in [2.05, 4.69) is 11.9 Å². The van der Waals surface area contributed by atoms with Crippen molar-refractivity contribution >= 4 is 5.91 Å². The second kappa shape index (κ2) is 8.85. The van der Waals surface area contributed by atoms with Crippen LogP contribution in [0.1, 0.15) is 56.6 Å². The first-order chi connectivity index (χ1) is 12.7. The Bertz CT molecular complexity index is 733. The summed E-state index contributed by atoms with van der Waals surface area (Å²) < 4.78 is 7.80. The molecule has 1 N–H and O–H groups in total. The molecular weight excluding hydrogens is 330 g/mol. The largest absolute Gasteiger partial charge is 0.461 e. The van der Waals surface area contributed by atoms with Crippen molar-refractivity contribution in [1.29, 1.82) is 0 Å². The van der Waals surface area contributed by atoms with Crippen molar-refractivity contribution in [3.05, 3.63) is 54.0 Å². The number of carbonyl (C=O) groups excluding carboxylic acids is 1. The van der Waals surface area contributed by atoms with E-state index < -0.39 is 0 Å². The fraction of sp³-hybridized carbons (Fsp3) is 0.500. The molecule has 3 heterocycles. The number of amides is 1. The Hall–Kier alpha value is -2.34. The van der Waals surface area contributed by atoms with Gasteiger partial charge < -0.3 is 19.0 Å². The standard InChI is InChI=1S/C20H27N3O3/c1-2-3-4-6-16-13-19(25)23(11-5-10-22-12-9-21-15-22)20(16)18-8-7-17(14-24)26-18/h7-9,12-13,15,20,24H,2-6,10-11,14H2,1H3. The van der Waals surface area contributed by atoms with Crippen molar-refractivity contribution < 1.29 is 14.3 Å². The molecule has 0 saturated heterocycles. The summed E-state index contributed by atoms with van der Waals surface area (Å²) in [6.07, 6.45) is 12.4. The molecule has 6 heteroatoms. The SMILES string of the molecule is CCCCCC1=CC(=O)N(CCCn2ccnc2)C1c1ccc(CO)o1. The van der Waals surface area contributed by atoms with E-state index in [-0.39, 0.29) is 18.6 Å². The summed E-state index contributed by atoms with van der Waals surface area (Å²) in [5.41, 5.74) is 1.12. The third kappa shape index (κ3) is 4.25. The lowest BCUT2D eigenvalue weighted by Gasteiger charge is -2.26. The van der Waals surface area contributed by atoms with E-state index in [1.54, 1.807) is 24.7 Å². The van der Waals surface area contributed by atoms with Crippen LogP contribution in [0.25, 0.3) is 0 Å². The highest BCUT2D eigenvalue weighted by Crippen LogP contribution is 2.37. The Morgan fingerprint density at radius 2 is 2.12 bits per heavy atom. The average molecular weight is 357 g/mol. The molecule has 3 rings (SSSR count). The minimum absolute atomic E-state index is 0.0501. The predicted molar refractivity (Wildman–Crippen MR) is 98.2 cm³/mol. The first-order valence-electron chi connectivity index (χ1n) is 9.39. The van der Waals surface area contributed by atoms with Crippen molar-refractivity contribution in [3.8, 4) is 0 Å². The third-order valence-electron chi connectivity index (χ3n) is 4.81. The van der Waals surface area contributed by atoms with E-state index in [9.17, 15) is 9.90 Å². The molecule has 0 aromatic carbocycles. The zero-order valence-electron chi connectivity index (χ0n) is 15.3. The summed E-state index contributed by atoms with van der Waals surface area (Å²) in [5, 5.41) is 9.30. The smallest absolute Gasteiger partial charge is 0.247 e. The Labute approximate surface area is 154 Å². The molecule has 1 amide bonds. The van der Waals surface area contributed by atoms with Crippen LogP contribution in [-0.4, -0.2) is 32.0 Å². The monoisotopic (exact) mass is 357 g/mol. The van der Waals surface area contributed by atoms with Crippen molar-refractivity contribution in [2.75, 3.05) is 6.54 Å². The molecule has 0 spiro atoms. The average Bonchev–Trinajstić information content (AvgIpc) is 3.36. The van der Waals surface area contributed by atoms with E-state index >= 15 is 0 Å². The number of hydrogen-bond donors (Lipinski definition) is 1. The number of aromatic nitrogens is 2. The van der Waals surface area contributed by atoms with Crippen LogP contribution in [0.2, 0.25) is 0 Å². The third-order valence-corrected chi connectivity index (χ3v) is 4.81. The quantitative estimate of drug-likeness (QED) is 0.661. The Morgan fingerprint density at radius 3 is 2.81 bits per heavy atom. The zero-order valence-corrected chi connectivity index (χ0v) is 15.3. The van der Waals surface area contributed by atoms with Gasteiger partial charge in [-0.3, -0.25) is 4.79 Å². The van der Waals surface area contributed by atoms with Crippen LogP contribution in [0.15, 0.2) is 46.9 Å². The summed E-state index contributed by atoms with van der Waals surface area (Å²) in [6.45, 7) is 3.52. The molecule has 0 fully saturated rings. The van der Waals surface area contributed by atoms with Crippen molar-refractivity contribution in [2.24, 2.45) is 0 Å². The highest BCUT2D eigenvalue weighted by atomic mass is 16.4. The van der Waals surface area contributed by atoms with Gasteiger partial charge in [0.25, 0.3) is 0 Å². The van der Waals surface area contributed by atoms with Crippen LogP contribution in [-0.2, 0) is 17.9 Å². The van der Waals surface area contributed by atoms with Crippen LogP contribution in [0, 0.1) is 0 Å². The first kappa shape index (κ1) is 18.5. The number of aliphatic hydroxyl groups is 1. The summed E-state index contributed by atoms with van der Waals surface area (Å²) in [7, 11) is 0. The number of nitrogens with zero attached hydrogens (tertiary/aromatic N) is 3. The van der Waals surface area contributed by atoms with Crippen molar-refractivity contribution in [1.82, 2.24) is 14.5 Å². The zero-order chi connectivity index (χ0) is 18.4. The molecule has 6 nitrogen and oxygen atoms in total. The van der Waals surface area contributed by atoms with Gasteiger partial charge in [0.05, 0.1) is 6.33 Å². The number of aliphatic hydroxyl groups excluding tert-OH is 1. The Morgan fingerprint density at radius 1 is 1.23 bits per heavy atom. The number of aryl methyl sites for hydroxylation is 1. The molecule has 0 radical (unpaired) electrons. The molecule has 0 bridgehead atoms. The van der Waals surface area contributed by atoms with Gasteiger partial charge in [-0.25, -0.2) is 4.98 Å². The molecule has 2 aromatic rings. The number of furan rings is 1. The molecular formula is C20H27N3O3. The van der Waals surface area contributed by atoms with Crippen LogP contribution in [0.3, 0.4) is 0 Å². The van der Waals surface area contributed by atoms with E-state index in [1.165, 1.54) is 0 Å². The number of rotatable bonds is 10. The van der Waals surface area contributed by atoms with Crippen LogP contribution in [0.4, 0.5) is 0 Å². The second-order valence-electron chi connectivity index (χ2n) is 6.73. The highest BCUT2D eigenvalue weighted by molar-refractivity contribution is 5.92. The molecule has 1 atom stereocenters. The van der Waals surface area contributed by atoms with Gasteiger partial charge in [-0.1, -0.05) is 19.8 Å². The lowest BCUT2D eigenvalue weighted by atomic mass is 10.00. The van der Waals surface area contributed by atoms with Crippen LogP contribution < -0.4 is 0 Å². The molecule has 140 valence electrons. The molecule has 2 aromatic heterocycles. The molecule has 26 heavy (non-hydrogen) atoms. The molecule has 1 aliphatic rings. The van der Waals surface area contributed by atoms with E-state index in [0.29, 0.717) is 12.3 Å². The van der Waals surface area contributed by atoms with Gasteiger partial charge in [0.15, 0.2) is 0 Å². The van der Waals surface area contributed by atoms with Gasteiger partial charge in [0.2, 0.25) is 5.91 Å². The molecule has 0 aliphatic carbocycles. The number of hydrogen-bond acceptors (Lipinski definition) is 4. The maximum absolute atomic E-state index is 12.6. The van der Waals surface area contributed by atoms with Gasteiger partial charge in [0, 0.05) is 31.6 Å². The second-order valence-corrected chi connectivity index (χ2v) is 6.73. The molecule has 1 aliphatic heterocycles. The summed E-state index contributed by atoms with van der Waals surface area (Å²) in [4.78, 5) is 18.5. The topological polar surface area (TPSA) is 71.5 Å². The fourth-order valence-electron chi connectivity index (χ4n) is 3.48. The highest BCUT2D eigenvalue weighted by Gasteiger charge is 2.35. The summed E-state index contributed by atoms with van der Waals surface area (Å²) >= 11 is 0. The Balaban J connectivity index is 1.71. The van der Waals surface area contributed by atoms with E-state index in [0.717, 1.165) is 50.0 Å². The van der Waals surface area contributed by atoms with Gasteiger partial charge in [0.1, 0.15) is 24.2 Å². The maximum atomic E-state index is 12.6. The normalized spacial score (nSPS) is 17.2. The summed E-state index contributed by atoms with van der Waals surface area (Å²) in [5.74, 6) is 1.32.